The van der Waals surface area contributed by atoms with Gasteiger partial charge < -0.3 is 6.15 Å². The fraction of sp³-hybridized carbons (Fsp3) is 0.333. The van der Waals surface area contributed by atoms with Crippen LogP contribution in [0.3, 0.4) is 0 Å². The molecule has 0 bridgehead atoms. The van der Waals surface area contributed by atoms with Gasteiger partial charge in [0.25, 0.3) is 0 Å². The molecule has 88 valence electrons. The number of allylic oxidation sites excluding steroid dienone is 1. The Labute approximate surface area is 105 Å². The Bertz CT molecular complexity index is 272. The molecule has 0 spiro atoms. The van der Waals surface area contributed by atoms with Crippen molar-refractivity contribution < 1.29 is 0 Å². The molecule has 3 heteroatoms. The van der Waals surface area contributed by atoms with Crippen LogP contribution in [0, 0.1) is 0 Å². The van der Waals surface area contributed by atoms with Crippen molar-refractivity contribution in [2.75, 3.05) is 19.5 Å². The molecule has 3 N–H and O–H groups in total. The van der Waals surface area contributed by atoms with E-state index in [0.29, 0.717) is 0 Å². The quantitative estimate of drug-likeness (QED) is 0.657. The zero-order valence-electron chi connectivity index (χ0n) is 9.70. The van der Waals surface area contributed by atoms with Crippen molar-refractivity contribution in [2.45, 2.75) is 6.16 Å². The van der Waals surface area contributed by atoms with Gasteiger partial charge >= 0.3 is 81.5 Å². The first-order chi connectivity index (χ1) is 6.14. The molecule has 0 saturated heterocycles. The smallest absolute Gasteiger partial charge is 0.344 e. The molecule has 1 nitrogen and oxygen atoms in total. The van der Waals surface area contributed by atoms with Gasteiger partial charge in [0.15, 0.2) is 0 Å². The average molecular weight is 292 g/mol. The Morgan fingerprint density at radius 3 is 2.20 bits per heavy atom. The van der Waals surface area contributed by atoms with Gasteiger partial charge in [-0.2, -0.15) is 0 Å². The minimum absolute atomic E-state index is 0. The van der Waals surface area contributed by atoms with Crippen molar-refractivity contribution in [1.82, 2.24) is 6.15 Å². The van der Waals surface area contributed by atoms with Crippen molar-refractivity contribution >= 4 is 24.2 Å². The topological polar surface area (TPSA) is 35.0 Å². The standard InChI is InChI=1S/C12H19P.BrH.H3N/c1-4-10-13(2,3)11-12-8-6-5-7-9-12;;/h4-9,13H,1,10-11H2,2-3H3;1H;1H3. The molecule has 0 aliphatic heterocycles. The first-order valence-corrected chi connectivity index (χ1v) is 8.20. The van der Waals surface area contributed by atoms with Gasteiger partial charge in [-0.05, 0) is 0 Å². The van der Waals surface area contributed by atoms with Gasteiger partial charge in [0.2, 0.25) is 0 Å². The molecule has 15 heavy (non-hydrogen) atoms. The predicted molar refractivity (Wildman–Crippen MR) is 80.7 cm³/mol. The van der Waals surface area contributed by atoms with Crippen molar-refractivity contribution in [2.24, 2.45) is 0 Å². The molecule has 0 saturated carbocycles. The van der Waals surface area contributed by atoms with Crippen LogP contribution in [0.15, 0.2) is 43.0 Å². The van der Waals surface area contributed by atoms with E-state index in [1.54, 1.807) is 0 Å². The van der Waals surface area contributed by atoms with Gasteiger partial charge in [0.05, 0.1) is 0 Å². The van der Waals surface area contributed by atoms with Crippen LogP contribution < -0.4 is 6.15 Å². The van der Waals surface area contributed by atoms with Crippen LogP contribution in [0.1, 0.15) is 5.56 Å². The van der Waals surface area contributed by atoms with Gasteiger partial charge in [-0.1, -0.05) is 0 Å². The van der Waals surface area contributed by atoms with E-state index < -0.39 is 7.26 Å². The Kier molecular flexibility index (Phi) is 9.23. The second-order valence-electron chi connectivity index (χ2n) is 4.32. The summed E-state index contributed by atoms with van der Waals surface area (Å²) in [4.78, 5) is 0. The summed E-state index contributed by atoms with van der Waals surface area (Å²) in [5.74, 6) is 0. The Balaban J connectivity index is 0. The second kappa shape index (κ2) is 8.04. The minimum Gasteiger partial charge on any atom is -0.344 e. The average Bonchev–Trinajstić information content (AvgIpc) is 2.04. The van der Waals surface area contributed by atoms with E-state index >= 15 is 0 Å². The first kappa shape index (κ1) is 17.2. The van der Waals surface area contributed by atoms with Crippen molar-refractivity contribution in [3.63, 3.8) is 0 Å². The molecule has 0 aromatic heterocycles. The van der Waals surface area contributed by atoms with Crippen molar-refractivity contribution in [3.05, 3.63) is 48.6 Å². The monoisotopic (exact) mass is 291 g/mol. The number of halogens is 1. The maximum atomic E-state index is 3.82. The third-order valence-electron chi connectivity index (χ3n) is 2.22. The van der Waals surface area contributed by atoms with E-state index in [-0.39, 0.29) is 23.1 Å². The zero-order valence-corrected chi connectivity index (χ0v) is 12.4. The molecular weight excluding hydrogens is 269 g/mol. The summed E-state index contributed by atoms with van der Waals surface area (Å²) in [7, 11) is -1.06. The van der Waals surface area contributed by atoms with E-state index in [1.165, 1.54) is 17.9 Å². The molecular formula is C12H23BrNP. The molecule has 0 heterocycles. The van der Waals surface area contributed by atoms with Gasteiger partial charge in [-0.3, -0.25) is 0 Å². The maximum Gasteiger partial charge on any atom is -0.344 e. The molecule has 0 amide bonds. The van der Waals surface area contributed by atoms with Gasteiger partial charge in [0, 0.05) is 0 Å². The SMILES string of the molecule is Br.C=CC[PH](C)(C)Cc1ccccc1.N. The predicted octanol–water partition coefficient (Wildman–Crippen LogP) is 4.12. The van der Waals surface area contributed by atoms with Crippen LogP contribution in [0.4, 0.5) is 0 Å². The van der Waals surface area contributed by atoms with Crippen LogP contribution in [0.5, 0.6) is 0 Å². The van der Waals surface area contributed by atoms with E-state index in [0.717, 1.165) is 0 Å². The van der Waals surface area contributed by atoms with Crippen molar-refractivity contribution in [3.8, 4) is 0 Å². The molecule has 1 aromatic carbocycles. The number of hydrogen-bond donors (Lipinski definition) is 1. The summed E-state index contributed by atoms with van der Waals surface area (Å²) >= 11 is 0. The molecule has 0 aliphatic carbocycles. The summed E-state index contributed by atoms with van der Waals surface area (Å²) in [6, 6.07) is 10.8. The summed E-state index contributed by atoms with van der Waals surface area (Å²) in [5, 5.41) is 0. The van der Waals surface area contributed by atoms with Crippen LogP contribution in [0.2, 0.25) is 0 Å². The van der Waals surface area contributed by atoms with Crippen LogP contribution >= 0.6 is 24.2 Å². The van der Waals surface area contributed by atoms with E-state index in [1.807, 2.05) is 0 Å². The van der Waals surface area contributed by atoms with E-state index in [2.05, 4.69) is 56.3 Å². The molecule has 0 aliphatic rings. The molecule has 0 fully saturated rings. The zero-order chi connectivity index (χ0) is 9.73. The Hall–Kier alpha value is -0.170. The molecule has 1 aromatic rings. The molecule has 1 rings (SSSR count). The summed E-state index contributed by atoms with van der Waals surface area (Å²) < 4.78 is 0. The Morgan fingerprint density at radius 2 is 1.73 bits per heavy atom. The fourth-order valence-corrected chi connectivity index (χ4v) is 3.88. The van der Waals surface area contributed by atoms with Crippen LogP contribution in [0.25, 0.3) is 0 Å². The maximum absolute atomic E-state index is 3.82. The van der Waals surface area contributed by atoms with E-state index in [4.69, 9.17) is 0 Å². The van der Waals surface area contributed by atoms with Gasteiger partial charge in [-0.25, -0.2) is 0 Å². The van der Waals surface area contributed by atoms with Gasteiger partial charge in [-0.15, -0.1) is 17.0 Å². The molecule has 0 atom stereocenters. The molecule has 0 radical (unpaired) electrons. The fourth-order valence-electron chi connectivity index (χ4n) is 1.61. The Morgan fingerprint density at radius 1 is 1.20 bits per heavy atom. The summed E-state index contributed by atoms with van der Waals surface area (Å²) in [5.41, 5.74) is 1.47. The largest absolute Gasteiger partial charge is 0.344 e. The first-order valence-electron chi connectivity index (χ1n) is 4.79. The minimum atomic E-state index is -1.06. The number of benzene rings is 1. The normalized spacial score (nSPS) is 10.8. The number of hydrogen-bond acceptors (Lipinski definition) is 1. The van der Waals surface area contributed by atoms with E-state index in [9.17, 15) is 0 Å². The third kappa shape index (κ3) is 6.83. The summed E-state index contributed by atoms with van der Waals surface area (Å²) in [6.45, 7) is 8.66. The van der Waals surface area contributed by atoms with Gasteiger partial charge in [0.1, 0.15) is 0 Å². The second-order valence-corrected chi connectivity index (χ2v) is 9.41. The molecule has 0 unspecified atom stereocenters. The number of rotatable bonds is 4. The summed E-state index contributed by atoms with van der Waals surface area (Å²) in [6.07, 6.45) is 4.54. The van der Waals surface area contributed by atoms with Crippen LogP contribution in [-0.4, -0.2) is 19.5 Å². The van der Waals surface area contributed by atoms with Crippen molar-refractivity contribution in [1.29, 1.82) is 0 Å². The van der Waals surface area contributed by atoms with Crippen LogP contribution in [-0.2, 0) is 6.16 Å². The third-order valence-corrected chi connectivity index (χ3v) is 4.98.